The lowest BCUT2D eigenvalue weighted by Crippen LogP contribution is -2.52. The topological polar surface area (TPSA) is 46.3 Å². The summed E-state index contributed by atoms with van der Waals surface area (Å²) in [6, 6.07) is -0.363. The average molecular weight is 303 g/mol. The zero-order valence-corrected chi connectivity index (χ0v) is 12.4. The van der Waals surface area contributed by atoms with Crippen molar-refractivity contribution in [2.45, 2.75) is 51.9 Å². The summed E-state index contributed by atoms with van der Waals surface area (Å²) in [6.45, 7) is 6.44. The molecule has 1 aliphatic heterocycles. The molecule has 0 radical (unpaired) electrons. The van der Waals surface area contributed by atoms with E-state index in [2.05, 4.69) is 0 Å². The van der Waals surface area contributed by atoms with Crippen molar-refractivity contribution in [3.05, 3.63) is 0 Å². The number of rotatable bonds is 2. The highest BCUT2D eigenvalue weighted by molar-refractivity contribution is 5.85. The Morgan fingerprint density at radius 1 is 1.37 bits per heavy atom. The standard InChI is InChI=1S/C12H21F3N2O.ClH/c1-7(8(2)16)10(18)17-6-5-9(11(17,3)4)12(13,14)15;/h7-9H,5-6,16H2,1-4H3;1H. The second kappa shape index (κ2) is 5.87. The third-order valence-corrected chi connectivity index (χ3v) is 4.03. The van der Waals surface area contributed by atoms with Crippen molar-refractivity contribution in [2.75, 3.05) is 6.54 Å². The quantitative estimate of drug-likeness (QED) is 0.852. The smallest absolute Gasteiger partial charge is 0.337 e. The number of carbonyl (C=O) groups excluding carboxylic acids is 1. The lowest BCUT2D eigenvalue weighted by Gasteiger charge is -2.38. The maximum atomic E-state index is 12.9. The number of hydrogen-bond acceptors (Lipinski definition) is 2. The molecule has 2 N–H and O–H groups in total. The van der Waals surface area contributed by atoms with Gasteiger partial charge in [0.05, 0.1) is 11.8 Å². The summed E-state index contributed by atoms with van der Waals surface area (Å²) in [5.74, 6) is -2.22. The van der Waals surface area contributed by atoms with Crippen molar-refractivity contribution < 1.29 is 18.0 Å². The third-order valence-electron chi connectivity index (χ3n) is 4.03. The summed E-state index contributed by atoms with van der Waals surface area (Å²) in [6.07, 6.45) is -4.30. The Hall–Kier alpha value is -0.490. The first-order chi connectivity index (χ1) is 7.99. The van der Waals surface area contributed by atoms with Crippen LogP contribution in [0.4, 0.5) is 13.2 Å². The van der Waals surface area contributed by atoms with Crippen LogP contribution >= 0.6 is 12.4 Å². The average Bonchev–Trinajstić information content (AvgIpc) is 2.50. The highest BCUT2D eigenvalue weighted by Crippen LogP contribution is 2.45. The van der Waals surface area contributed by atoms with Crippen LogP contribution in [0.5, 0.6) is 0 Å². The van der Waals surface area contributed by atoms with Crippen LogP contribution in [-0.2, 0) is 4.79 Å². The van der Waals surface area contributed by atoms with Crippen LogP contribution in [0.3, 0.4) is 0 Å². The highest BCUT2D eigenvalue weighted by atomic mass is 35.5. The van der Waals surface area contributed by atoms with Crippen LogP contribution in [0.2, 0.25) is 0 Å². The summed E-state index contributed by atoms with van der Waals surface area (Å²) in [5.41, 5.74) is 4.45. The van der Waals surface area contributed by atoms with E-state index in [1.807, 2.05) is 0 Å². The van der Waals surface area contributed by atoms with E-state index in [-0.39, 0.29) is 37.3 Å². The van der Waals surface area contributed by atoms with E-state index in [0.717, 1.165) is 0 Å². The van der Waals surface area contributed by atoms with Gasteiger partial charge in [-0.3, -0.25) is 4.79 Å². The fourth-order valence-electron chi connectivity index (χ4n) is 2.52. The molecule has 1 amide bonds. The van der Waals surface area contributed by atoms with Crippen LogP contribution in [0.1, 0.15) is 34.1 Å². The molecule has 3 atom stereocenters. The van der Waals surface area contributed by atoms with Crippen molar-refractivity contribution >= 4 is 18.3 Å². The van der Waals surface area contributed by atoms with Gasteiger partial charge in [-0.25, -0.2) is 0 Å². The van der Waals surface area contributed by atoms with Gasteiger partial charge in [-0.1, -0.05) is 6.92 Å². The number of carbonyl (C=O) groups is 1. The Balaban J connectivity index is 0.00000324. The van der Waals surface area contributed by atoms with E-state index in [0.29, 0.717) is 0 Å². The molecule has 19 heavy (non-hydrogen) atoms. The second-order valence-electron chi connectivity index (χ2n) is 5.67. The number of nitrogens with zero attached hydrogens (tertiary/aromatic N) is 1. The molecule has 1 fully saturated rings. The SMILES string of the molecule is CC(N)C(C)C(=O)N1CCC(C(F)(F)F)C1(C)C.Cl. The zero-order valence-electron chi connectivity index (χ0n) is 11.6. The minimum atomic E-state index is -4.27. The van der Waals surface area contributed by atoms with E-state index in [1.54, 1.807) is 13.8 Å². The highest BCUT2D eigenvalue weighted by Gasteiger charge is 2.56. The summed E-state index contributed by atoms with van der Waals surface area (Å²) in [7, 11) is 0. The summed E-state index contributed by atoms with van der Waals surface area (Å²) in [5, 5.41) is 0. The molecule has 0 aromatic rings. The first kappa shape index (κ1) is 18.5. The van der Waals surface area contributed by atoms with Crippen molar-refractivity contribution in [1.82, 2.24) is 4.90 Å². The fourth-order valence-corrected chi connectivity index (χ4v) is 2.52. The largest absolute Gasteiger partial charge is 0.394 e. The number of alkyl halides is 3. The van der Waals surface area contributed by atoms with Gasteiger partial charge in [0, 0.05) is 18.1 Å². The number of hydrogen-bond donors (Lipinski definition) is 1. The van der Waals surface area contributed by atoms with E-state index in [1.165, 1.54) is 18.7 Å². The van der Waals surface area contributed by atoms with Gasteiger partial charge in [-0.05, 0) is 27.2 Å². The predicted octanol–water partition coefficient (Wildman–Crippen LogP) is 2.58. The maximum Gasteiger partial charge on any atom is 0.394 e. The van der Waals surface area contributed by atoms with Gasteiger partial charge in [-0.15, -0.1) is 12.4 Å². The van der Waals surface area contributed by atoms with Crippen LogP contribution in [0.15, 0.2) is 0 Å². The Bertz CT molecular complexity index is 331. The number of likely N-dealkylation sites (tertiary alicyclic amines) is 1. The van der Waals surface area contributed by atoms with Crippen LogP contribution in [0, 0.1) is 11.8 Å². The molecule has 1 aliphatic rings. The fraction of sp³-hybridized carbons (Fsp3) is 0.917. The van der Waals surface area contributed by atoms with Crippen LogP contribution in [-0.4, -0.2) is 35.1 Å². The van der Waals surface area contributed by atoms with Gasteiger partial charge < -0.3 is 10.6 Å². The molecule has 0 saturated carbocycles. The minimum Gasteiger partial charge on any atom is -0.337 e. The lowest BCUT2D eigenvalue weighted by atomic mass is 9.87. The molecular formula is C12H22ClF3N2O. The third kappa shape index (κ3) is 3.54. The molecule has 1 saturated heterocycles. The van der Waals surface area contributed by atoms with Gasteiger partial charge >= 0.3 is 6.18 Å². The molecule has 7 heteroatoms. The Morgan fingerprint density at radius 2 is 1.84 bits per heavy atom. The van der Waals surface area contributed by atoms with Gasteiger partial charge in [0.15, 0.2) is 0 Å². The Morgan fingerprint density at radius 3 is 2.16 bits per heavy atom. The molecule has 0 aromatic heterocycles. The monoisotopic (exact) mass is 302 g/mol. The van der Waals surface area contributed by atoms with E-state index >= 15 is 0 Å². The van der Waals surface area contributed by atoms with Gasteiger partial charge in [0.25, 0.3) is 0 Å². The van der Waals surface area contributed by atoms with E-state index < -0.39 is 23.6 Å². The minimum absolute atomic E-state index is 0. The van der Waals surface area contributed by atoms with Crippen molar-refractivity contribution in [1.29, 1.82) is 0 Å². The molecule has 0 aliphatic carbocycles. The maximum absolute atomic E-state index is 12.9. The normalized spacial score (nSPS) is 25.7. The molecule has 0 spiro atoms. The first-order valence-corrected chi connectivity index (χ1v) is 6.13. The Labute approximate surface area is 118 Å². The molecule has 1 heterocycles. The van der Waals surface area contributed by atoms with Gasteiger partial charge in [-0.2, -0.15) is 13.2 Å². The molecule has 1 rings (SSSR count). The predicted molar refractivity (Wildman–Crippen MR) is 70.0 cm³/mol. The molecule has 3 nitrogen and oxygen atoms in total. The number of nitrogens with two attached hydrogens (primary N) is 1. The number of amides is 1. The summed E-state index contributed by atoms with van der Waals surface area (Å²) >= 11 is 0. The van der Waals surface area contributed by atoms with Crippen molar-refractivity contribution in [2.24, 2.45) is 17.6 Å². The Kier molecular flexibility index (Phi) is 5.72. The molecule has 0 aromatic carbocycles. The zero-order chi connectivity index (χ0) is 14.3. The first-order valence-electron chi connectivity index (χ1n) is 6.13. The molecule has 114 valence electrons. The van der Waals surface area contributed by atoms with E-state index in [9.17, 15) is 18.0 Å². The van der Waals surface area contributed by atoms with E-state index in [4.69, 9.17) is 5.73 Å². The number of halogens is 4. The second-order valence-corrected chi connectivity index (χ2v) is 5.67. The molecule has 0 bridgehead atoms. The van der Waals surface area contributed by atoms with Crippen LogP contribution in [0.25, 0.3) is 0 Å². The van der Waals surface area contributed by atoms with Gasteiger partial charge in [0.1, 0.15) is 0 Å². The van der Waals surface area contributed by atoms with Crippen LogP contribution < -0.4 is 5.73 Å². The summed E-state index contributed by atoms with van der Waals surface area (Å²) in [4.78, 5) is 13.5. The molecular weight excluding hydrogens is 281 g/mol. The molecule has 3 unspecified atom stereocenters. The van der Waals surface area contributed by atoms with Gasteiger partial charge in [0.2, 0.25) is 5.91 Å². The summed E-state index contributed by atoms with van der Waals surface area (Å²) < 4.78 is 38.7. The lowest BCUT2D eigenvalue weighted by molar-refractivity contribution is -0.192. The van der Waals surface area contributed by atoms with Crippen molar-refractivity contribution in [3.8, 4) is 0 Å². The van der Waals surface area contributed by atoms with Crippen molar-refractivity contribution in [3.63, 3.8) is 0 Å².